The number of nitrogens with two attached hydrogens (primary N) is 1. The summed E-state index contributed by atoms with van der Waals surface area (Å²) >= 11 is 1.77. The molecule has 0 spiro atoms. The van der Waals surface area contributed by atoms with Crippen LogP contribution >= 0.6 is 11.3 Å². The lowest BCUT2D eigenvalue weighted by atomic mass is 9.92. The minimum absolute atomic E-state index is 0.0980. The fourth-order valence-corrected chi connectivity index (χ4v) is 3.81. The maximum atomic E-state index is 5.96. The summed E-state index contributed by atoms with van der Waals surface area (Å²) in [5, 5.41) is 1.16. The molecule has 0 saturated carbocycles. The lowest BCUT2D eigenvalue weighted by molar-refractivity contribution is 0.356. The van der Waals surface area contributed by atoms with Crippen LogP contribution in [-0.2, 0) is 0 Å². The second-order valence-corrected chi connectivity index (χ2v) is 6.59. The zero-order valence-corrected chi connectivity index (χ0v) is 12.0. The molecule has 96 valence electrons. The molecule has 2 heterocycles. The molecule has 3 atom stereocenters. The largest absolute Gasteiger partial charge is 0.348 e. The topological polar surface area (TPSA) is 42.2 Å². The first-order valence-corrected chi connectivity index (χ1v) is 7.27. The third-order valence-electron chi connectivity index (χ3n) is 3.37. The number of anilines is 1. The summed E-state index contributed by atoms with van der Waals surface area (Å²) in [4.78, 5) is 8.35. The van der Waals surface area contributed by atoms with Crippen LogP contribution in [0.15, 0.2) is 0 Å². The first-order valence-electron chi connectivity index (χ1n) is 6.45. The maximum Gasteiger partial charge on any atom is 0.185 e. The van der Waals surface area contributed by atoms with Crippen LogP contribution in [0.4, 0.5) is 5.13 Å². The molecule has 1 aromatic heterocycles. The van der Waals surface area contributed by atoms with Gasteiger partial charge in [-0.3, -0.25) is 0 Å². The Morgan fingerprint density at radius 2 is 1.94 bits per heavy atom. The number of hydrogen-bond acceptors (Lipinski definition) is 4. The van der Waals surface area contributed by atoms with E-state index >= 15 is 0 Å². The van der Waals surface area contributed by atoms with E-state index in [-0.39, 0.29) is 6.04 Å². The highest BCUT2D eigenvalue weighted by Gasteiger charge is 2.24. The molecule has 0 bridgehead atoms. The van der Waals surface area contributed by atoms with E-state index in [9.17, 15) is 0 Å². The van der Waals surface area contributed by atoms with Gasteiger partial charge in [-0.2, -0.15) is 0 Å². The Morgan fingerprint density at radius 1 is 1.35 bits per heavy atom. The average molecular weight is 253 g/mol. The molecule has 3 nitrogen and oxygen atoms in total. The zero-order valence-electron chi connectivity index (χ0n) is 11.2. The van der Waals surface area contributed by atoms with Crippen LogP contribution in [0.25, 0.3) is 0 Å². The van der Waals surface area contributed by atoms with E-state index in [0.717, 1.165) is 35.8 Å². The van der Waals surface area contributed by atoms with Gasteiger partial charge in [0, 0.05) is 24.0 Å². The SMILES string of the molecule is Cc1nc(N2CC(C)CC(C)C2)sc1C(C)N. The summed E-state index contributed by atoms with van der Waals surface area (Å²) in [6, 6.07) is 0.0980. The summed E-state index contributed by atoms with van der Waals surface area (Å²) in [5.74, 6) is 1.53. The molecule has 1 aliphatic rings. The minimum Gasteiger partial charge on any atom is -0.348 e. The van der Waals surface area contributed by atoms with Crippen LogP contribution in [0.5, 0.6) is 0 Å². The van der Waals surface area contributed by atoms with E-state index in [4.69, 9.17) is 5.73 Å². The minimum atomic E-state index is 0.0980. The quantitative estimate of drug-likeness (QED) is 0.881. The van der Waals surface area contributed by atoms with Crippen molar-refractivity contribution in [1.82, 2.24) is 4.98 Å². The van der Waals surface area contributed by atoms with Crippen LogP contribution < -0.4 is 10.6 Å². The molecular formula is C13H23N3S. The van der Waals surface area contributed by atoms with Crippen molar-refractivity contribution in [2.45, 2.75) is 40.2 Å². The Bertz CT molecular complexity index is 376. The summed E-state index contributed by atoms with van der Waals surface area (Å²) in [6.45, 7) is 11.0. The highest BCUT2D eigenvalue weighted by Crippen LogP contribution is 2.33. The Hall–Kier alpha value is -0.610. The smallest absolute Gasteiger partial charge is 0.185 e. The van der Waals surface area contributed by atoms with E-state index in [2.05, 4.69) is 30.7 Å². The molecule has 1 saturated heterocycles. The first-order chi connectivity index (χ1) is 7.97. The van der Waals surface area contributed by atoms with Crippen molar-refractivity contribution >= 4 is 16.5 Å². The van der Waals surface area contributed by atoms with Gasteiger partial charge < -0.3 is 10.6 Å². The lowest BCUT2D eigenvalue weighted by Gasteiger charge is -2.34. The van der Waals surface area contributed by atoms with Gasteiger partial charge in [0.05, 0.1) is 5.69 Å². The predicted molar refractivity (Wildman–Crippen MR) is 74.6 cm³/mol. The monoisotopic (exact) mass is 253 g/mol. The molecule has 0 aromatic carbocycles. The van der Waals surface area contributed by atoms with Gasteiger partial charge in [0.2, 0.25) is 0 Å². The van der Waals surface area contributed by atoms with Gasteiger partial charge in [-0.15, -0.1) is 11.3 Å². The zero-order chi connectivity index (χ0) is 12.6. The first kappa shape index (κ1) is 12.8. The number of aryl methyl sites for hydroxylation is 1. The number of rotatable bonds is 2. The number of hydrogen-bond donors (Lipinski definition) is 1. The number of nitrogens with zero attached hydrogens (tertiary/aromatic N) is 2. The molecule has 0 radical (unpaired) electrons. The Kier molecular flexibility index (Phi) is 3.73. The van der Waals surface area contributed by atoms with Gasteiger partial charge in [-0.1, -0.05) is 13.8 Å². The molecule has 2 rings (SSSR count). The van der Waals surface area contributed by atoms with E-state index in [1.165, 1.54) is 11.3 Å². The van der Waals surface area contributed by atoms with Gasteiger partial charge >= 0.3 is 0 Å². The number of thiazole rings is 1. The lowest BCUT2D eigenvalue weighted by Crippen LogP contribution is -2.38. The van der Waals surface area contributed by atoms with E-state index in [1.54, 1.807) is 11.3 Å². The molecule has 2 N–H and O–H groups in total. The van der Waals surface area contributed by atoms with Crippen LogP contribution in [0.1, 0.15) is 43.8 Å². The molecule has 0 aliphatic carbocycles. The van der Waals surface area contributed by atoms with Crippen LogP contribution in [0, 0.1) is 18.8 Å². The van der Waals surface area contributed by atoms with Crippen molar-refractivity contribution in [3.63, 3.8) is 0 Å². The Morgan fingerprint density at radius 3 is 2.41 bits per heavy atom. The van der Waals surface area contributed by atoms with Gasteiger partial charge in [-0.25, -0.2) is 4.98 Å². The number of aromatic nitrogens is 1. The normalized spacial score (nSPS) is 27.2. The molecule has 17 heavy (non-hydrogen) atoms. The van der Waals surface area contributed by atoms with E-state index in [0.29, 0.717) is 0 Å². The van der Waals surface area contributed by atoms with Crippen LogP contribution in [0.2, 0.25) is 0 Å². The van der Waals surface area contributed by atoms with Crippen LogP contribution in [-0.4, -0.2) is 18.1 Å². The summed E-state index contributed by atoms with van der Waals surface area (Å²) in [7, 11) is 0. The molecule has 4 heteroatoms. The third kappa shape index (κ3) is 2.80. The predicted octanol–water partition coefficient (Wildman–Crippen LogP) is 2.95. The standard InChI is InChI=1S/C13H23N3S/c1-8-5-9(2)7-16(6-8)13-15-11(4)12(17-13)10(3)14/h8-10H,5-7,14H2,1-4H3. The molecule has 1 aliphatic heterocycles. The highest BCUT2D eigenvalue weighted by molar-refractivity contribution is 7.15. The van der Waals surface area contributed by atoms with Gasteiger partial charge in [0.1, 0.15) is 0 Å². The van der Waals surface area contributed by atoms with Gasteiger partial charge in [0.25, 0.3) is 0 Å². The Labute approximate surface area is 108 Å². The number of piperidine rings is 1. The molecule has 0 amide bonds. The fourth-order valence-electron chi connectivity index (χ4n) is 2.77. The molecule has 3 unspecified atom stereocenters. The second-order valence-electron chi connectivity index (χ2n) is 5.59. The van der Waals surface area contributed by atoms with Crippen molar-refractivity contribution in [1.29, 1.82) is 0 Å². The van der Waals surface area contributed by atoms with Gasteiger partial charge in [0.15, 0.2) is 5.13 Å². The summed E-state index contributed by atoms with van der Waals surface area (Å²) in [5.41, 5.74) is 7.07. The molecular weight excluding hydrogens is 230 g/mol. The fraction of sp³-hybridized carbons (Fsp3) is 0.769. The van der Waals surface area contributed by atoms with Crippen molar-refractivity contribution < 1.29 is 0 Å². The van der Waals surface area contributed by atoms with Crippen molar-refractivity contribution in [2.24, 2.45) is 17.6 Å². The van der Waals surface area contributed by atoms with Crippen molar-refractivity contribution in [3.8, 4) is 0 Å². The summed E-state index contributed by atoms with van der Waals surface area (Å²) in [6.07, 6.45) is 1.33. The summed E-state index contributed by atoms with van der Waals surface area (Å²) < 4.78 is 0. The molecule has 1 fully saturated rings. The van der Waals surface area contributed by atoms with E-state index in [1.807, 2.05) is 6.92 Å². The average Bonchev–Trinajstić information content (AvgIpc) is 2.59. The molecule has 1 aromatic rings. The van der Waals surface area contributed by atoms with Crippen molar-refractivity contribution in [3.05, 3.63) is 10.6 Å². The third-order valence-corrected chi connectivity index (χ3v) is 4.79. The highest BCUT2D eigenvalue weighted by atomic mass is 32.1. The van der Waals surface area contributed by atoms with E-state index < -0.39 is 0 Å². The Balaban J connectivity index is 2.19. The maximum absolute atomic E-state index is 5.96. The van der Waals surface area contributed by atoms with Crippen molar-refractivity contribution in [2.75, 3.05) is 18.0 Å². The van der Waals surface area contributed by atoms with Crippen LogP contribution in [0.3, 0.4) is 0 Å². The van der Waals surface area contributed by atoms with Gasteiger partial charge in [-0.05, 0) is 32.1 Å². The second kappa shape index (κ2) is 4.94.